The Kier molecular flexibility index (Phi) is 4.89. The van der Waals surface area contributed by atoms with Gasteiger partial charge in [0.25, 0.3) is 0 Å². The number of Topliss-reactive ketones (excluding diaryl/α,β-unsaturated/α-hetero) is 1. The summed E-state index contributed by atoms with van der Waals surface area (Å²) in [5.74, 6) is 0.0565. The third-order valence-electron chi connectivity index (χ3n) is 2.41. The molecule has 0 aliphatic rings. The molecule has 1 rings (SSSR count). The highest BCUT2D eigenvalue weighted by molar-refractivity contribution is 7.10. The van der Waals surface area contributed by atoms with Crippen molar-refractivity contribution >= 4 is 22.3 Å². The van der Waals surface area contributed by atoms with E-state index in [2.05, 4.69) is 16.6 Å². The molecule has 0 aliphatic heterocycles. The third kappa shape index (κ3) is 3.02. The van der Waals surface area contributed by atoms with Crippen LogP contribution in [0.15, 0.2) is 0 Å². The molecular formula is C11H18N2O2S. The van der Waals surface area contributed by atoms with Crippen LogP contribution >= 0.6 is 11.5 Å². The lowest BCUT2D eigenvalue weighted by atomic mass is 10.1. The van der Waals surface area contributed by atoms with Crippen molar-refractivity contribution in [2.24, 2.45) is 0 Å². The summed E-state index contributed by atoms with van der Waals surface area (Å²) >= 11 is 1.34. The number of aromatic nitrogens is 1. The van der Waals surface area contributed by atoms with Gasteiger partial charge < -0.3 is 10.1 Å². The second-order valence-corrected chi connectivity index (χ2v) is 4.51. The highest BCUT2D eigenvalue weighted by atomic mass is 32.1. The van der Waals surface area contributed by atoms with Gasteiger partial charge in [0.1, 0.15) is 5.00 Å². The molecule has 0 radical (unpaired) electrons. The molecule has 90 valence electrons. The van der Waals surface area contributed by atoms with Gasteiger partial charge in [0, 0.05) is 7.11 Å². The fraction of sp³-hybridized carbons (Fsp3) is 0.636. The Morgan fingerprint density at radius 2 is 2.31 bits per heavy atom. The number of ketones is 1. The summed E-state index contributed by atoms with van der Waals surface area (Å²) in [4.78, 5) is 11.5. The minimum atomic E-state index is 0.0565. The van der Waals surface area contributed by atoms with Crippen LogP contribution in [0.4, 0.5) is 5.00 Å². The van der Waals surface area contributed by atoms with Gasteiger partial charge >= 0.3 is 0 Å². The highest BCUT2D eigenvalue weighted by Gasteiger charge is 2.17. The predicted octanol–water partition coefficient (Wildman–Crippen LogP) is 2.49. The van der Waals surface area contributed by atoms with E-state index in [0.717, 1.165) is 17.1 Å². The monoisotopic (exact) mass is 242 g/mol. The molecule has 0 saturated carbocycles. The van der Waals surface area contributed by atoms with Crippen molar-refractivity contribution in [2.75, 3.05) is 19.0 Å². The summed E-state index contributed by atoms with van der Waals surface area (Å²) in [7, 11) is 1.67. The highest BCUT2D eigenvalue weighted by Crippen LogP contribution is 2.25. The summed E-state index contributed by atoms with van der Waals surface area (Å²) in [6, 6.07) is 0.225. The second-order valence-electron chi connectivity index (χ2n) is 3.73. The first kappa shape index (κ1) is 13.1. The molecule has 0 fully saturated rings. The second kappa shape index (κ2) is 5.96. The van der Waals surface area contributed by atoms with Crippen LogP contribution in [-0.4, -0.2) is 29.9 Å². The van der Waals surface area contributed by atoms with Crippen LogP contribution in [0, 0.1) is 6.92 Å². The number of anilines is 1. The minimum Gasteiger partial charge on any atom is -0.383 e. The van der Waals surface area contributed by atoms with Crippen LogP contribution < -0.4 is 5.32 Å². The molecule has 1 heterocycles. The normalized spacial score (nSPS) is 12.5. The number of nitrogens with zero attached hydrogens (tertiary/aromatic N) is 1. The van der Waals surface area contributed by atoms with Crippen LogP contribution in [0.25, 0.3) is 0 Å². The zero-order chi connectivity index (χ0) is 12.1. The zero-order valence-electron chi connectivity index (χ0n) is 10.2. The Morgan fingerprint density at radius 1 is 1.62 bits per heavy atom. The van der Waals surface area contributed by atoms with Gasteiger partial charge in [-0.3, -0.25) is 4.79 Å². The molecule has 5 heteroatoms. The average Bonchev–Trinajstić information content (AvgIpc) is 2.59. The Morgan fingerprint density at radius 3 is 2.81 bits per heavy atom. The van der Waals surface area contributed by atoms with Gasteiger partial charge in [-0.1, -0.05) is 6.92 Å². The van der Waals surface area contributed by atoms with E-state index in [9.17, 15) is 4.79 Å². The molecule has 1 aromatic heterocycles. The number of carbonyl (C=O) groups excluding carboxylic acids is 1. The first-order valence-electron chi connectivity index (χ1n) is 5.32. The lowest BCUT2D eigenvalue weighted by Gasteiger charge is -2.16. The SMILES string of the molecule is CCC(COC)Nc1snc(C)c1C(C)=O. The quantitative estimate of drug-likeness (QED) is 0.779. The Balaban J connectivity index is 2.83. The van der Waals surface area contributed by atoms with Gasteiger partial charge in [0.2, 0.25) is 0 Å². The molecule has 1 aromatic rings. The van der Waals surface area contributed by atoms with Gasteiger partial charge in [-0.25, -0.2) is 0 Å². The maximum atomic E-state index is 11.5. The number of nitrogens with one attached hydrogen (secondary N) is 1. The molecule has 0 aromatic carbocycles. The Bertz CT molecular complexity index is 363. The van der Waals surface area contributed by atoms with Crippen molar-refractivity contribution in [1.82, 2.24) is 4.37 Å². The smallest absolute Gasteiger partial charge is 0.164 e. The first-order valence-corrected chi connectivity index (χ1v) is 6.10. The van der Waals surface area contributed by atoms with Crippen molar-refractivity contribution in [1.29, 1.82) is 0 Å². The van der Waals surface area contributed by atoms with E-state index in [1.54, 1.807) is 14.0 Å². The van der Waals surface area contributed by atoms with Crippen molar-refractivity contribution in [3.63, 3.8) is 0 Å². The van der Waals surface area contributed by atoms with Crippen LogP contribution in [0.1, 0.15) is 36.3 Å². The number of hydrogen-bond donors (Lipinski definition) is 1. The molecule has 0 amide bonds. The summed E-state index contributed by atoms with van der Waals surface area (Å²) in [5.41, 5.74) is 1.51. The zero-order valence-corrected chi connectivity index (χ0v) is 11.0. The van der Waals surface area contributed by atoms with Crippen molar-refractivity contribution < 1.29 is 9.53 Å². The maximum absolute atomic E-state index is 11.5. The number of carbonyl (C=O) groups is 1. The van der Waals surface area contributed by atoms with E-state index in [-0.39, 0.29) is 11.8 Å². The van der Waals surface area contributed by atoms with E-state index < -0.39 is 0 Å². The van der Waals surface area contributed by atoms with Gasteiger partial charge in [-0.05, 0) is 31.8 Å². The van der Waals surface area contributed by atoms with Crippen LogP contribution in [-0.2, 0) is 4.74 Å². The fourth-order valence-electron chi connectivity index (χ4n) is 1.53. The van der Waals surface area contributed by atoms with E-state index >= 15 is 0 Å². The molecule has 1 N–H and O–H groups in total. The Hall–Kier alpha value is -0.940. The molecule has 0 aliphatic carbocycles. The number of aryl methyl sites for hydroxylation is 1. The lowest BCUT2D eigenvalue weighted by Crippen LogP contribution is -2.24. The molecule has 1 atom stereocenters. The van der Waals surface area contributed by atoms with E-state index in [1.807, 2.05) is 6.92 Å². The number of methoxy groups -OCH3 is 1. The van der Waals surface area contributed by atoms with Gasteiger partial charge in [0.15, 0.2) is 5.78 Å². The summed E-state index contributed by atoms with van der Waals surface area (Å²) in [6.45, 7) is 6.14. The summed E-state index contributed by atoms with van der Waals surface area (Å²) in [5, 5.41) is 4.17. The molecule has 0 saturated heterocycles. The van der Waals surface area contributed by atoms with Crippen molar-refractivity contribution in [2.45, 2.75) is 33.2 Å². The number of ether oxygens (including phenoxy) is 1. The van der Waals surface area contributed by atoms with Crippen LogP contribution in [0.3, 0.4) is 0 Å². The van der Waals surface area contributed by atoms with Gasteiger partial charge in [-0.2, -0.15) is 4.37 Å². The minimum absolute atomic E-state index is 0.0565. The van der Waals surface area contributed by atoms with Crippen molar-refractivity contribution in [3.8, 4) is 0 Å². The molecule has 16 heavy (non-hydrogen) atoms. The topological polar surface area (TPSA) is 51.2 Å². The fourth-order valence-corrected chi connectivity index (χ4v) is 2.45. The Labute approximate surface area is 100 Å². The van der Waals surface area contributed by atoms with Crippen molar-refractivity contribution in [3.05, 3.63) is 11.3 Å². The average molecular weight is 242 g/mol. The maximum Gasteiger partial charge on any atom is 0.164 e. The third-order valence-corrected chi connectivity index (χ3v) is 3.28. The largest absolute Gasteiger partial charge is 0.383 e. The molecule has 0 bridgehead atoms. The lowest BCUT2D eigenvalue weighted by molar-refractivity contribution is 0.101. The van der Waals surface area contributed by atoms with Gasteiger partial charge in [-0.15, -0.1) is 0 Å². The molecule has 4 nitrogen and oxygen atoms in total. The standard InChI is InChI=1S/C11H18N2O2S/c1-5-9(6-15-4)12-11-10(8(3)14)7(2)13-16-11/h9,12H,5-6H2,1-4H3. The molecule has 0 spiro atoms. The molecular weight excluding hydrogens is 224 g/mol. The molecule has 1 unspecified atom stereocenters. The first-order chi connectivity index (χ1) is 7.60. The van der Waals surface area contributed by atoms with Crippen LogP contribution in [0.2, 0.25) is 0 Å². The number of hydrogen-bond acceptors (Lipinski definition) is 5. The van der Waals surface area contributed by atoms with E-state index in [4.69, 9.17) is 4.74 Å². The number of rotatable bonds is 6. The van der Waals surface area contributed by atoms with Crippen LogP contribution in [0.5, 0.6) is 0 Å². The predicted molar refractivity (Wildman–Crippen MR) is 66.4 cm³/mol. The van der Waals surface area contributed by atoms with E-state index in [0.29, 0.717) is 12.2 Å². The summed E-state index contributed by atoms with van der Waals surface area (Å²) < 4.78 is 9.31. The van der Waals surface area contributed by atoms with E-state index in [1.165, 1.54) is 11.5 Å². The summed E-state index contributed by atoms with van der Waals surface area (Å²) in [6.07, 6.45) is 0.947. The van der Waals surface area contributed by atoms with Gasteiger partial charge in [0.05, 0.1) is 23.9 Å².